The third-order valence-corrected chi connectivity index (χ3v) is 3.64. The van der Waals surface area contributed by atoms with Crippen LogP contribution in [0.4, 0.5) is 0 Å². The number of rotatable bonds is 7. The molecule has 1 atom stereocenters. The quantitative estimate of drug-likeness (QED) is 0.839. The van der Waals surface area contributed by atoms with Gasteiger partial charge in [-0.3, -0.25) is 9.88 Å². The minimum absolute atomic E-state index is 0.371. The Balaban J connectivity index is 2.04. The Morgan fingerprint density at radius 1 is 1.05 bits per heavy atom. The van der Waals surface area contributed by atoms with Crippen LogP contribution in [0.3, 0.4) is 0 Å². The lowest BCUT2D eigenvalue weighted by molar-refractivity contribution is 0.200. The Labute approximate surface area is 121 Å². The molecule has 20 heavy (non-hydrogen) atoms. The monoisotopic (exact) mass is 269 g/mol. The molecule has 1 aromatic heterocycles. The summed E-state index contributed by atoms with van der Waals surface area (Å²) in [6.07, 6.45) is 4.69. The normalized spacial score (nSPS) is 12.6. The molecule has 0 aliphatic carbocycles. The summed E-state index contributed by atoms with van der Waals surface area (Å²) in [7, 11) is 0. The van der Waals surface area contributed by atoms with E-state index < -0.39 is 0 Å². The van der Waals surface area contributed by atoms with Crippen LogP contribution in [0.25, 0.3) is 0 Å². The van der Waals surface area contributed by atoms with E-state index in [1.54, 1.807) is 0 Å². The second-order valence-corrected chi connectivity index (χ2v) is 5.00. The molecule has 0 aliphatic rings. The summed E-state index contributed by atoms with van der Waals surface area (Å²) >= 11 is 0. The maximum absolute atomic E-state index is 6.00. The minimum atomic E-state index is 0.371. The smallest absolute Gasteiger partial charge is 0.0271 e. The highest BCUT2D eigenvalue weighted by molar-refractivity contribution is 5.16. The molecular weight excluding hydrogens is 246 g/mol. The second-order valence-electron chi connectivity index (χ2n) is 5.00. The van der Waals surface area contributed by atoms with Gasteiger partial charge in [0.2, 0.25) is 0 Å². The number of hydrogen-bond donors (Lipinski definition) is 1. The van der Waals surface area contributed by atoms with Crippen LogP contribution in [0.15, 0.2) is 54.9 Å². The van der Waals surface area contributed by atoms with E-state index in [0.717, 1.165) is 19.5 Å². The molecule has 1 unspecified atom stereocenters. The molecule has 3 heteroatoms. The summed E-state index contributed by atoms with van der Waals surface area (Å²) < 4.78 is 0. The Morgan fingerprint density at radius 3 is 2.35 bits per heavy atom. The first-order chi connectivity index (χ1) is 9.83. The molecule has 2 N–H and O–H groups in total. The molecule has 0 fully saturated rings. The topological polar surface area (TPSA) is 42.2 Å². The van der Waals surface area contributed by atoms with E-state index >= 15 is 0 Å². The zero-order valence-electron chi connectivity index (χ0n) is 12.1. The van der Waals surface area contributed by atoms with Crippen molar-refractivity contribution in [1.29, 1.82) is 0 Å². The average molecular weight is 269 g/mol. The fraction of sp³-hybridized carbons (Fsp3) is 0.353. The van der Waals surface area contributed by atoms with Crippen LogP contribution >= 0.6 is 0 Å². The number of nitrogens with two attached hydrogens (primary N) is 1. The maximum Gasteiger partial charge on any atom is 0.0271 e. The molecule has 1 heterocycles. The Bertz CT molecular complexity index is 437. The lowest BCUT2D eigenvalue weighted by Gasteiger charge is -2.30. The van der Waals surface area contributed by atoms with E-state index in [2.05, 4.69) is 59.3 Å². The van der Waals surface area contributed by atoms with Gasteiger partial charge in [-0.1, -0.05) is 37.3 Å². The molecule has 0 aliphatic heterocycles. The fourth-order valence-corrected chi connectivity index (χ4v) is 2.47. The summed E-state index contributed by atoms with van der Waals surface area (Å²) in [5.41, 5.74) is 8.63. The third-order valence-electron chi connectivity index (χ3n) is 3.64. The van der Waals surface area contributed by atoms with Crippen molar-refractivity contribution in [3.63, 3.8) is 0 Å². The van der Waals surface area contributed by atoms with Gasteiger partial charge in [-0.2, -0.15) is 0 Å². The van der Waals surface area contributed by atoms with E-state index in [4.69, 9.17) is 5.73 Å². The highest BCUT2D eigenvalue weighted by atomic mass is 15.2. The Hall–Kier alpha value is -1.71. The summed E-state index contributed by atoms with van der Waals surface area (Å²) in [5.74, 6) is 0. The molecule has 0 saturated heterocycles. The van der Waals surface area contributed by atoms with Gasteiger partial charge in [-0.15, -0.1) is 0 Å². The Morgan fingerprint density at radius 2 is 1.75 bits per heavy atom. The van der Waals surface area contributed by atoms with Crippen LogP contribution in [0.5, 0.6) is 0 Å². The van der Waals surface area contributed by atoms with Crippen LogP contribution in [-0.2, 0) is 13.0 Å². The lowest BCUT2D eigenvalue weighted by atomic mass is 10.0. The summed E-state index contributed by atoms with van der Waals surface area (Å²) in [5, 5.41) is 0. The van der Waals surface area contributed by atoms with Crippen molar-refractivity contribution < 1.29 is 0 Å². The Kier molecular flexibility index (Phi) is 5.71. The third kappa shape index (κ3) is 4.15. The molecular formula is C17H23N3. The van der Waals surface area contributed by atoms with E-state index in [9.17, 15) is 0 Å². The molecule has 3 nitrogen and oxygen atoms in total. The first-order valence-electron chi connectivity index (χ1n) is 7.20. The summed E-state index contributed by atoms with van der Waals surface area (Å²) in [4.78, 5) is 6.50. The first-order valence-corrected chi connectivity index (χ1v) is 7.20. The predicted octanol–water partition coefficient (Wildman–Crippen LogP) is 2.47. The SMILES string of the molecule is CCN(Cc1ccncc1)C(CN)Cc1ccccc1. The predicted molar refractivity (Wildman–Crippen MR) is 83.3 cm³/mol. The van der Waals surface area contributed by atoms with E-state index in [-0.39, 0.29) is 0 Å². The van der Waals surface area contributed by atoms with Crippen LogP contribution in [0.2, 0.25) is 0 Å². The van der Waals surface area contributed by atoms with Gasteiger partial charge >= 0.3 is 0 Å². The fourth-order valence-electron chi connectivity index (χ4n) is 2.47. The molecule has 0 spiro atoms. The second kappa shape index (κ2) is 7.78. The number of nitrogens with zero attached hydrogens (tertiary/aromatic N) is 2. The maximum atomic E-state index is 6.00. The van der Waals surface area contributed by atoms with Crippen LogP contribution in [0.1, 0.15) is 18.1 Å². The molecule has 2 rings (SSSR count). The van der Waals surface area contributed by atoms with Gasteiger partial charge in [-0.05, 0) is 36.2 Å². The van der Waals surface area contributed by atoms with Gasteiger partial charge in [0.15, 0.2) is 0 Å². The molecule has 2 aromatic rings. The van der Waals surface area contributed by atoms with Gasteiger partial charge in [-0.25, -0.2) is 0 Å². The minimum Gasteiger partial charge on any atom is -0.329 e. The highest BCUT2D eigenvalue weighted by Gasteiger charge is 2.16. The van der Waals surface area contributed by atoms with E-state index in [1.807, 2.05) is 12.4 Å². The van der Waals surface area contributed by atoms with Crippen molar-refractivity contribution in [3.05, 3.63) is 66.0 Å². The number of pyridine rings is 1. The van der Waals surface area contributed by atoms with Crippen molar-refractivity contribution in [2.24, 2.45) is 5.73 Å². The van der Waals surface area contributed by atoms with E-state index in [0.29, 0.717) is 12.6 Å². The standard InChI is InChI=1S/C17H23N3/c1-2-20(14-16-8-10-19-11-9-16)17(13-18)12-15-6-4-3-5-7-15/h3-11,17H,2,12-14,18H2,1H3. The number of likely N-dealkylation sites (N-methyl/N-ethyl adjacent to an activating group) is 1. The van der Waals surface area contributed by atoms with Gasteiger partial charge in [0.05, 0.1) is 0 Å². The van der Waals surface area contributed by atoms with Crippen molar-refractivity contribution in [3.8, 4) is 0 Å². The van der Waals surface area contributed by atoms with Gasteiger partial charge in [0.25, 0.3) is 0 Å². The summed E-state index contributed by atoms with van der Waals surface area (Å²) in [6.45, 7) is 4.79. The summed E-state index contributed by atoms with van der Waals surface area (Å²) in [6, 6.07) is 15.1. The number of benzene rings is 1. The number of hydrogen-bond acceptors (Lipinski definition) is 3. The van der Waals surface area contributed by atoms with Crippen molar-refractivity contribution in [1.82, 2.24) is 9.88 Å². The van der Waals surface area contributed by atoms with Crippen LogP contribution in [0, 0.1) is 0 Å². The van der Waals surface area contributed by atoms with Crippen LogP contribution < -0.4 is 5.73 Å². The largest absolute Gasteiger partial charge is 0.329 e. The zero-order chi connectivity index (χ0) is 14.2. The van der Waals surface area contributed by atoms with Gasteiger partial charge in [0.1, 0.15) is 0 Å². The highest BCUT2D eigenvalue weighted by Crippen LogP contribution is 2.12. The van der Waals surface area contributed by atoms with Crippen molar-refractivity contribution >= 4 is 0 Å². The van der Waals surface area contributed by atoms with Crippen molar-refractivity contribution in [2.75, 3.05) is 13.1 Å². The van der Waals surface area contributed by atoms with Crippen molar-refractivity contribution in [2.45, 2.75) is 25.9 Å². The first kappa shape index (κ1) is 14.7. The van der Waals surface area contributed by atoms with Gasteiger partial charge in [0, 0.05) is 31.5 Å². The van der Waals surface area contributed by atoms with E-state index in [1.165, 1.54) is 11.1 Å². The zero-order valence-corrected chi connectivity index (χ0v) is 12.1. The molecule has 0 radical (unpaired) electrons. The van der Waals surface area contributed by atoms with Crippen LogP contribution in [-0.4, -0.2) is 29.0 Å². The molecule has 0 saturated carbocycles. The molecule has 0 amide bonds. The lowest BCUT2D eigenvalue weighted by Crippen LogP contribution is -2.41. The molecule has 1 aromatic carbocycles. The number of aromatic nitrogens is 1. The average Bonchev–Trinajstić information content (AvgIpc) is 2.52. The van der Waals surface area contributed by atoms with Gasteiger partial charge < -0.3 is 5.73 Å². The molecule has 0 bridgehead atoms. The molecule has 106 valence electrons.